The first-order chi connectivity index (χ1) is 13.1. The highest BCUT2D eigenvalue weighted by Crippen LogP contribution is 2.36. The minimum atomic E-state index is -0.370. The van der Waals surface area contributed by atoms with Crippen LogP contribution in [-0.2, 0) is 4.79 Å². The Balaban J connectivity index is 1.36. The lowest BCUT2D eigenvalue weighted by molar-refractivity contribution is -0.113. The van der Waals surface area contributed by atoms with Gasteiger partial charge in [0, 0.05) is 11.3 Å². The van der Waals surface area contributed by atoms with E-state index in [0.717, 1.165) is 11.8 Å². The second-order valence-corrected chi connectivity index (χ2v) is 6.67. The average molecular weight is 387 g/mol. The number of thioether (sulfide) groups is 1. The van der Waals surface area contributed by atoms with Gasteiger partial charge in [-0.1, -0.05) is 17.8 Å². The molecule has 1 aliphatic heterocycles. The van der Waals surface area contributed by atoms with Crippen molar-refractivity contribution < 1.29 is 23.1 Å². The summed E-state index contributed by atoms with van der Waals surface area (Å²) in [5, 5.41) is 10.8. The van der Waals surface area contributed by atoms with E-state index in [1.807, 2.05) is 0 Å². The van der Waals surface area contributed by atoms with Gasteiger partial charge >= 0.3 is 0 Å². The first-order valence-electron chi connectivity index (χ1n) is 8.01. The molecule has 0 unspecified atom stereocenters. The minimum Gasteiger partial charge on any atom is -0.454 e. The van der Waals surface area contributed by atoms with Crippen LogP contribution in [0.4, 0.5) is 10.1 Å². The van der Waals surface area contributed by atoms with Crippen LogP contribution in [0.2, 0.25) is 0 Å². The highest BCUT2D eigenvalue weighted by molar-refractivity contribution is 7.99. The number of fused-ring (bicyclic) bond motifs is 1. The number of hydrogen-bond acceptors (Lipinski definition) is 7. The van der Waals surface area contributed by atoms with E-state index >= 15 is 0 Å². The van der Waals surface area contributed by atoms with E-state index in [-0.39, 0.29) is 29.5 Å². The van der Waals surface area contributed by atoms with Gasteiger partial charge in [-0.2, -0.15) is 0 Å². The molecule has 0 spiro atoms. The monoisotopic (exact) mass is 387 g/mol. The van der Waals surface area contributed by atoms with E-state index in [9.17, 15) is 9.18 Å². The smallest absolute Gasteiger partial charge is 0.277 e. The van der Waals surface area contributed by atoms with E-state index in [1.165, 1.54) is 6.07 Å². The number of ether oxygens (including phenoxy) is 2. The van der Waals surface area contributed by atoms with Crippen LogP contribution in [0, 0.1) is 12.7 Å². The van der Waals surface area contributed by atoms with Gasteiger partial charge in [0.25, 0.3) is 5.22 Å². The molecule has 0 bridgehead atoms. The van der Waals surface area contributed by atoms with Crippen LogP contribution in [0.3, 0.4) is 0 Å². The SMILES string of the molecule is Cc1ccc(NC(=O)CSc2nnc(-c3ccc4c(c3)OCO4)o2)cc1F. The number of carbonyl (C=O) groups is 1. The zero-order valence-electron chi connectivity index (χ0n) is 14.2. The Morgan fingerprint density at radius 3 is 2.89 bits per heavy atom. The van der Waals surface area contributed by atoms with Crippen molar-refractivity contribution in [3.8, 4) is 23.0 Å². The summed E-state index contributed by atoms with van der Waals surface area (Å²) in [7, 11) is 0. The van der Waals surface area contributed by atoms with Crippen molar-refractivity contribution >= 4 is 23.4 Å². The minimum absolute atomic E-state index is 0.0538. The van der Waals surface area contributed by atoms with Crippen LogP contribution >= 0.6 is 11.8 Å². The molecular formula is C18H14FN3O4S. The summed E-state index contributed by atoms with van der Waals surface area (Å²) in [6.07, 6.45) is 0. The lowest BCUT2D eigenvalue weighted by Gasteiger charge is -2.05. The Morgan fingerprint density at radius 1 is 1.19 bits per heavy atom. The van der Waals surface area contributed by atoms with Crippen molar-refractivity contribution in [3.63, 3.8) is 0 Å². The van der Waals surface area contributed by atoms with Crippen molar-refractivity contribution in [1.29, 1.82) is 0 Å². The van der Waals surface area contributed by atoms with Crippen LogP contribution in [0.1, 0.15) is 5.56 Å². The largest absolute Gasteiger partial charge is 0.454 e. The van der Waals surface area contributed by atoms with Gasteiger partial charge in [0.15, 0.2) is 11.5 Å². The molecule has 3 aromatic rings. The van der Waals surface area contributed by atoms with Crippen LogP contribution in [0.15, 0.2) is 46.0 Å². The molecule has 1 amide bonds. The maximum Gasteiger partial charge on any atom is 0.277 e. The Kier molecular flexibility index (Phi) is 4.68. The third-order valence-electron chi connectivity index (χ3n) is 3.81. The number of nitrogens with one attached hydrogen (secondary N) is 1. The van der Waals surface area contributed by atoms with E-state index in [4.69, 9.17) is 13.9 Å². The standard InChI is InChI=1S/C18H14FN3O4S/c1-10-2-4-12(7-13(10)19)20-16(23)8-27-18-22-21-17(26-18)11-3-5-14-15(6-11)25-9-24-14/h2-7H,8-9H2,1H3,(H,20,23). The molecule has 2 aromatic carbocycles. The fraction of sp³-hybridized carbons (Fsp3) is 0.167. The van der Waals surface area contributed by atoms with E-state index in [1.54, 1.807) is 37.3 Å². The van der Waals surface area contributed by atoms with Gasteiger partial charge in [0.2, 0.25) is 18.6 Å². The summed E-state index contributed by atoms with van der Waals surface area (Å²) in [6.45, 7) is 1.84. The highest BCUT2D eigenvalue weighted by Gasteiger charge is 2.17. The van der Waals surface area contributed by atoms with Gasteiger partial charge in [-0.05, 0) is 42.8 Å². The number of amides is 1. The van der Waals surface area contributed by atoms with Crippen LogP contribution in [0.25, 0.3) is 11.5 Å². The molecule has 2 heterocycles. The Morgan fingerprint density at radius 2 is 2.04 bits per heavy atom. The normalized spacial score (nSPS) is 12.2. The van der Waals surface area contributed by atoms with Gasteiger partial charge in [-0.25, -0.2) is 4.39 Å². The summed E-state index contributed by atoms with van der Waals surface area (Å²) in [5.74, 6) is 0.980. The number of anilines is 1. The molecule has 0 saturated heterocycles. The lowest BCUT2D eigenvalue weighted by Crippen LogP contribution is -2.14. The summed E-state index contributed by atoms with van der Waals surface area (Å²) in [6, 6.07) is 9.83. The summed E-state index contributed by atoms with van der Waals surface area (Å²) in [5.41, 5.74) is 1.61. The number of rotatable bonds is 5. The van der Waals surface area contributed by atoms with Crippen LogP contribution < -0.4 is 14.8 Å². The molecule has 0 fully saturated rings. The van der Waals surface area contributed by atoms with Gasteiger partial charge in [-0.15, -0.1) is 10.2 Å². The van der Waals surface area contributed by atoms with Crippen molar-refractivity contribution in [1.82, 2.24) is 10.2 Å². The Bertz CT molecular complexity index is 1010. The Labute approximate surface area is 157 Å². The molecule has 0 atom stereocenters. The van der Waals surface area contributed by atoms with Crippen molar-refractivity contribution in [3.05, 3.63) is 47.8 Å². The second-order valence-electron chi connectivity index (χ2n) is 5.74. The van der Waals surface area contributed by atoms with Crippen molar-refractivity contribution in [2.24, 2.45) is 0 Å². The molecule has 0 radical (unpaired) electrons. The Hall–Kier alpha value is -3.07. The maximum atomic E-state index is 13.5. The van der Waals surface area contributed by atoms with Gasteiger partial charge in [0.05, 0.1) is 5.75 Å². The summed E-state index contributed by atoms with van der Waals surface area (Å²) >= 11 is 1.09. The fourth-order valence-electron chi connectivity index (χ4n) is 2.41. The number of halogens is 1. The number of aryl methyl sites for hydroxylation is 1. The first kappa shape index (κ1) is 17.3. The van der Waals surface area contributed by atoms with Crippen LogP contribution in [-0.4, -0.2) is 28.7 Å². The number of hydrogen-bond donors (Lipinski definition) is 1. The highest BCUT2D eigenvalue weighted by atomic mass is 32.2. The molecule has 27 heavy (non-hydrogen) atoms. The zero-order valence-corrected chi connectivity index (χ0v) is 15.0. The molecule has 0 saturated carbocycles. The molecule has 9 heteroatoms. The number of aromatic nitrogens is 2. The molecule has 0 aliphatic carbocycles. The first-order valence-corrected chi connectivity index (χ1v) is 8.99. The molecule has 1 aromatic heterocycles. The molecular weight excluding hydrogens is 373 g/mol. The van der Waals surface area contributed by atoms with Gasteiger partial charge in [0.1, 0.15) is 5.82 Å². The van der Waals surface area contributed by atoms with E-state index in [2.05, 4.69) is 15.5 Å². The number of benzene rings is 2. The van der Waals surface area contributed by atoms with Gasteiger partial charge in [-0.3, -0.25) is 4.79 Å². The third kappa shape index (κ3) is 3.87. The van der Waals surface area contributed by atoms with E-state index < -0.39 is 0 Å². The second kappa shape index (κ2) is 7.28. The molecule has 1 aliphatic rings. The topological polar surface area (TPSA) is 86.5 Å². The number of carbonyl (C=O) groups excluding carboxylic acids is 1. The quantitative estimate of drug-likeness (QED) is 0.669. The summed E-state index contributed by atoms with van der Waals surface area (Å²) < 4.78 is 29.7. The lowest BCUT2D eigenvalue weighted by atomic mass is 10.2. The summed E-state index contributed by atoms with van der Waals surface area (Å²) in [4.78, 5) is 12.0. The zero-order chi connectivity index (χ0) is 18.8. The molecule has 1 N–H and O–H groups in total. The molecule has 138 valence electrons. The predicted octanol–water partition coefficient (Wildman–Crippen LogP) is 3.64. The van der Waals surface area contributed by atoms with Gasteiger partial charge < -0.3 is 19.2 Å². The van der Waals surface area contributed by atoms with E-state index in [0.29, 0.717) is 34.2 Å². The average Bonchev–Trinajstić information content (AvgIpc) is 3.31. The molecule has 4 rings (SSSR count). The fourth-order valence-corrected chi connectivity index (χ4v) is 2.97. The van der Waals surface area contributed by atoms with Crippen LogP contribution in [0.5, 0.6) is 11.5 Å². The third-order valence-corrected chi connectivity index (χ3v) is 4.63. The molecule has 7 nitrogen and oxygen atoms in total. The number of nitrogens with zero attached hydrogens (tertiary/aromatic N) is 2. The maximum absolute atomic E-state index is 13.5. The van der Waals surface area contributed by atoms with Crippen molar-refractivity contribution in [2.75, 3.05) is 17.9 Å². The van der Waals surface area contributed by atoms with Crippen molar-refractivity contribution in [2.45, 2.75) is 12.1 Å². The predicted molar refractivity (Wildman–Crippen MR) is 96.3 cm³/mol.